The van der Waals surface area contributed by atoms with Crippen LogP contribution in [-0.2, 0) is 4.74 Å². The van der Waals surface area contributed by atoms with E-state index in [1.54, 1.807) is 0 Å². The number of aliphatic hydroxyl groups is 2. The van der Waals surface area contributed by atoms with Gasteiger partial charge in [0, 0.05) is 12.3 Å². The Hall–Kier alpha value is 0.350. The zero-order valence-corrected chi connectivity index (χ0v) is 11.7. The third kappa shape index (κ3) is 1.30. The molecule has 3 aliphatic rings. The lowest BCUT2D eigenvalue weighted by molar-refractivity contribution is -0.102. The van der Waals surface area contributed by atoms with Crippen LogP contribution in [0.4, 0.5) is 0 Å². The highest BCUT2D eigenvalue weighted by Gasteiger charge is 2.62. The van der Waals surface area contributed by atoms with Crippen LogP contribution in [0.15, 0.2) is 11.6 Å². The highest BCUT2D eigenvalue weighted by molar-refractivity contribution is 14.1. The Bertz CT molecular complexity index is 378. The summed E-state index contributed by atoms with van der Waals surface area (Å²) in [5, 5.41) is 20.6. The van der Waals surface area contributed by atoms with E-state index in [-0.39, 0.29) is 5.92 Å². The van der Waals surface area contributed by atoms with Gasteiger partial charge in [0.25, 0.3) is 0 Å². The smallest absolute Gasteiger partial charge is 0.141 e. The summed E-state index contributed by atoms with van der Waals surface area (Å²) in [6, 6.07) is 0. The highest BCUT2D eigenvalue weighted by Crippen LogP contribution is 2.59. The monoisotopic (exact) mass is 336 g/mol. The highest BCUT2D eigenvalue weighted by atomic mass is 127. The van der Waals surface area contributed by atoms with Crippen LogP contribution < -0.4 is 0 Å². The van der Waals surface area contributed by atoms with E-state index < -0.39 is 20.9 Å². The van der Waals surface area contributed by atoms with E-state index in [0.717, 1.165) is 18.4 Å². The molecule has 1 aliphatic carbocycles. The number of aliphatic hydroxyl groups excluding tert-OH is 1. The summed E-state index contributed by atoms with van der Waals surface area (Å²) in [5.41, 5.74) is -0.144. The van der Waals surface area contributed by atoms with Crippen molar-refractivity contribution in [1.29, 1.82) is 0 Å². The first-order valence-electron chi connectivity index (χ1n) is 5.80. The maximum absolute atomic E-state index is 10.4. The molecule has 3 nitrogen and oxygen atoms in total. The molecule has 0 amide bonds. The summed E-state index contributed by atoms with van der Waals surface area (Å²) in [6.45, 7) is 3.86. The van der Waals surface area contributed by atoms with E-state index in [1.807, 2.05) is 19.9 Å². The van der Waals surface area contributed by atoms with Crippen molar-refractivity contribution in [3.8, 4) is 0 Å². The number of ether oxygens (including phenoxy) is 1. The van der Waals surface area contributed by atoms with Crippen LogP contribution in [0.3, 0.4) is 0 Å². The van der Waals surface area contributed by atoms with Gasteiger partial charge in [0.05, 0.1) is 11.7 Å². The Morgan fingerprint density at radius 1 is 1.50 bits per heavy atom. The van der Waals surface area contributed by atoms with E-state index in [4.69, 9.17) is 4.74 Å². The normalized spacial score (nSPS) is 59.7. The third-order valence-corrected chi connectivity index (χ3v) is 5.48. The van der Waals surface area contributed by atoms with Gasteiger partial charge in [-0.3, -0.25) is 0 Å². The summed E-state index contributed by atoms with van der Waals surface area (Å²) in [4.78, 5) is 0. The van der Waals surface area contributed by atoms with Crippen LogP contribution in [0.1, 0.15) is 33.1 Å². The molecule has 0 radical (unpaired) electrons. The van der Waals surface area contributed by atoms with Gasteiger partial charge in [-0.05, 0) is 60.9 Å². The Labute approximate surface area is 109 Å². The number of hydrogen-bond acceptors (Lipinski definition) is 3. The van der Waals surface area contributed by atoms with Crippen LogP contribution in [0.25, 0.3) is 0 Å². The zero-order chi connectivity index (χ0) is 11.8. The first-order chi connectivity index (χ1) is 7.27. The van der Waals surface area contributed by atoms with Crippen molar-refractivity contribution < 1.29 is 14.9 Å². The molecule has 0 aromatic carbocycles. The Kier molecular flexibility index (Phi) is 2.16. The van der Waals surface area contributed by atoms with Crippen molar-refractivity contribution in [3.63, 3.8) is 0 Å². The maximum Gasteiger partial charge on any atom is 0.141 e. The van der Waals surface area contributed by atoms with Crippen molar-refractivity contribution in [1.82, 2.24) is 0 Å². The predicted molar refractivity (Wildman–Crippen MR) is 68.3 cm³/mol. The van der Waals surface area contributed by atoms with Gasteiger partial charge in [0.15, 0.2) is 0 Å². The fraction of sp³-hybridized carbons (Fsp3) is 0.833. The summed E-state index contributed by atoms with van der Waals surface area (Å²) >= 11 is 2.24. The molecule has 5 atom stereocenters. The summed E-state index contributed by atoms with van der Waals surface area (Å²) in [5.74, 6) is 0.169. The fourth-order valence-electron chi connectivity index (χ4n) is 3.52. The summed E-state index contributed by atoms with van der Waals surface area (Å²) in [7, 11) is 0. The van der Waals surface area contributed by atoms with E-state index in [2.05, 4.69) is 22.6 Å². The lowest BCUT2D eigenvalue weighted by atomic mass is 9.80. The lowest BCUT2D eigenvalue weighted by Gasteiger charge is -2.41. The number of halogens is 1. The lowest BCUT2D eigenvalue weighted by Crippen LogP contribution is -2.47. The molecular weight excluding hydrogens is 319 g/mol. The molecule has 2 N–H and O–H groups in total. The molecule has 1 saturated heterocycles. The van der Waals surface area contributed by atoms with Gasteiger partial charge < -0.3 is 14.9 Å². The molecule has 0 aromatic rings. The largest absolute Gasteiger partial charge is 0.390 e. The van der Waals surface area contributed by atoms with Crippen molar-refractivity contribution >= 4 is 22.6 Å². The van der Waals surface area contributed by atoms with Gasteiger partial charge in [-0.1, -0.05) is 0 Å². The van der Waals surface area contributed by atoms with Gasteiger partial charge in [0.2, 0.25) is 0 Å². The second kappa shape index (κ2) is 3.02. The van der Waals surface area contributed by atoms with E-state index in [1.165, 1.54) is 0 Å². The minimum Gasteiger partial charge on any atom is -0.390 e. The quantitative estimate of drug-likeness (QED) is 0.403. The molecule has 2 bridgehead atoms. The van der Waals surface area contributed by atoms with Crippen molar-refractivity contribution in [2.75, 3.05) is 0 Å². The second-order valence-corrected chi connectivity index (χ2v) is 7.58. The molecule has 90 valence electrons. The van der Waals surface area contributed by atoms with E-state index in [9.17, 15) is 10.2 Å². The minimum atomic E-state index is -0.712. The van der Waals surface area contributed by atoms with Gasteiger partial charge in [-0.2, -0.15) is 0 Å². The molecule has 3 rings (SSSR count). The van der Waals surface area contributed by atoms with E-state index >= 15 is 0 Å². The van der Waals surface area contributed by atoms with Crippen molar-refractivity contribution in [3.05, 3.63) is 11.6 Å². The first kappa shape index (κ1) is 11.4. The Morgan fingerprint density at radius 3 is 2.88 bits per heavy atom. The van der Waals surface area contributed by atoms with Gasteiger partial charge in [0.1, 0.15) is 9.21 Å². The van der Waals surface area contributed by atoms with E-state index in [0.29, 0.717) is 6.42 Å². The topological polar surface area (TPSA) is 49.7 Å². The van der Waals surface area contributed by atoms with Crippen LogP contribution in [0, 0.1) is 5.92 Å². The van der Waals surface area contributed by atoms with Gasteiger partial charge in [-0.25, -0.2) is 0 Å². The molecular formula is C12H17IO3. The molecule has 2 fully saturated rings. The molecule has 0 unspecified atom stereocenters. The Morgan fingerprint density at radius 2 is 2.19 bits per heavy atom. The first-order valence-corrected chi connectivity index (χ1v) is 6.87. The number of rotatable bonds is 0. The summed E-state index contributed by atoms with van der Waals surface area (Å²) in [6.07, 6.45) is 3.90. The number of alkyl halides is 1. The molecule has 2 aliphatic heterocycles. The average molecular weight is 336 g/mol. The molecule has 1 saturated carbocycles. The fourth-order valence-corrected chi connectivity index (χ4v) is 4.74. The molecule has 4 heteroatoms. The standard InChI is InChI=1S/C12H17IO3/c1-10(15)4-3-7-8(10)5-12(13)6-9(14)11(7,2)16-12/h5,7,9,14-15H,3-4,6H2,1-2H3/t7-,9-,10+,11+,12-/m1/s1. The molecule has 0 spiro atoms. The van der Waals surface area contributed by atoms with Crippen LogP contribution in [0.5, 0.6) is 0 Å². The SMILES string of the molecule is C[C@]12O[C@](I)(C=C3[C@H]1CC[C@]3(C)O)C[C@H]2O. The van der Waals surface area contributed by atoms with Crippen LogP contribution in [-0.4, -0.2) is 31.1 Å². The van der Waals surface area contributed by atoms with Crippen LogP contribution in [0.2, 0.25) is 0 Å². The number of fused-ring (bicyclic) bond motifs is 4. The molecule has 0 aromatic heterocycles. The van der Waals surface area contributed by atoms with Crippen molar-refractivity contribution in [2.45, 2.75) is 54.0 Å². The molecule has 16 heavy (non-hydrogen) atoms. The van der Waals surface area contributed by atoms with Gasteiger partial charge in [-0.15, -0.1) is 0 Å². The van der Waals surface area contributed by atoms with Crippen LogP contribution >= 0.6 is 22.6 Å². The maximum atomic E-state index is 10.4. The second-order valence-electron chi connectivity index (χ2n) is 5.76. The van der Waals surface area contributed by atoms with Crippen molar-refractivity contribution in [2.24, 2.45) is 5.92 Å². The Balaban J connectivity index is 2.13. The molecule has 2 heterocycles. The zero-order valence-electron chi connectivity index (χ0n) is 9.53. The number of hydrogen-bond donors (Lipinski definition) is 2. The summed E-state index contributed by atoms with van der Waals surface area (Å²) < 4.78 is 5.62. The third-order valence-electron chi connectivity index (χ3n) is 4.50. The predicted octanol–water partition coefficient (Wildman–Crippen LogP) is 1.76. The minimum absolute atomic E-state index is 0.169. The average Bonchev–Trinajstić information content (AvgIpc) is 2.50. The van der Waals surface area contributed by atoms with Gasteiger partial charge >= 0.3 is 0 Å².